The number of carbonyl (C=O) groups is 1. The number of pyridine rings is 1. The zero-order valence-electron chi connectivity index (χ0n) is 9.27. The first-order valence-electron chi connectivity index (χ1n) is 5.11. The lowest BCUT2D eigenvalue weighted by Gasteiger charge is -2.10. The lowest BCUT2D eigenvalue weighted by Crippen LogP contribution is -2.19. The number of aromatic nitrogens is 1. The Morgan fingerprint density at radius 1 is 1.62 bits per heavy atom. The Kier molecular flexibility index (Phi) is 4.05. The SMILES string of the molecule is C=CCCCn1cc(C(=O)O)c(=O)cc1C. The molecule has 0 aliphatic carbocycles. The van der Waals surface area contributed by atoms with Crippen molar-refractivity contribution < 1.29 is 9.90 Å². The molecule has 1 aromatic heterocycles. The van der Waals surface area contributed by atoms with Gasteiger partial charge < -0.3 is 9.67 Å². The maximum absolute atomic E-state index is 11.4. The van der Waals surface area contributed by atoms with Gasteiger partial charge in [0.15, 0.2) is 5.43 Å². The number of nitrogens with zero attached hydrogens (tertiary/aromatic N) is 1. The van der Waals surface area contributed by atoms with E-state index in [1.54, 1.807) is 11.5 Å². The second-order valence-corrected chi connectivity index (χ2v) is 3.62. The number of rotatable bonds is 5. The largest absolute Gasteiger partial charge is 0.477 e. The fraction of sp³-hybridized carbons (Fsp3) is 0.333. The summed E-state index contributed by atoms with van der Waals surface area (Å²) >= 11 is 0. The summed E-state index contributed by atoms with van der Waals surface area (Å²) in [7, 11) is 0. The van der Waals surface area contributed by atoms with Crippen molar-refractivity contribution in [1.29, 1.82) is 0 Å². The van der Waals surface area contributed by atoms with Crippen LogP contribution in [0.3, 0.4) is 0 Å². The van der Waals surface area contributed by atoms with E-state index in [4.69, 9.17) is 5.11 Å². The highest BCUT2D eigenvalue weighted by molar-refractivity contribution is 5.87. The first kappa shape index (κ1) is 12.2. The Morgan fingerprint density at radius 2 is 2.31 bits per heavy atom. The molecule has 1 heterocycles. The van der Waals surface area contributed by atoms with E-state index in [2.05, 4.69) is 6.58 Å². The molecule has 0 saturated carbocycles. The van der Waals surface area contributed by atoms with Crippen LogP contribution >= 0.6 is 0 Å². The standard InChI is InChI=1S/C12H15NO3/c1-3-4-5-6-13-8-10(12(15)16)11(14)7-9(13)2/h3,7-8H,1,4-6H2,2H3,(H,15,16). The van der Waals surface area contributed by atoms with E-state index in [0.717, 1.165) is 18.5 Å². The van der Waals surface area contributed by atoms with Crippen LogP contribution in [0.5, 0.6) is 0 Å². The summed E-state index contributed by atoms with van der Waals surface area (Å²) in [5, 5.41) is 8.82. The number of allylic oxidation sites excluding steroid dienone is 1. The average Bonchev–Trinajstić information content (AvgIpc) is 2.21. The quantitative estimate of drug-likeness (QED) is 0.609. The number of aromatic carboxylic acids is 1. The summed E-state index contributed by atoms with van der Waals surface area (Å²) in [5.41, 5.74) is 0.160. The molecule has 16 heavy (non-hydrogen) atoms. The molecule has 4 nitrogen and oxygen atoms in total. The fourth-order valence-electron chi connectivity index (χ4n) is 1.48. The number of unbranched alkanes of at least 4 members (excludes halogenated alkanes) is 1. The van der Waals surface area contributed by atoms with Crippen LogP contribution in [-0.2, 0) is 6.54 Å². The number of aryl methyl sites for hydroxylation is 2. The molecule has 4 heteroatoms. The highest BCUT2D eigenvalue weighted by Gasteiger charge is 2.10. The Bertz CT molecular complexity index is 460. The van der Waals surface area contributed by atoms with Crippen LogP contribution in [0.2, 0.25) is 0 Å². The van der Waals surface area contributed by atoms with Crippen molar-refractivity contribution in [3.05, 3.63) is 46.4 Å². The number of hydrogen-bond donors (Lipinski definition) is 1. The third kappa shape index (κ3) is 2.82. The smallest absolute Gasteiger partial charge is 0.341 e. The van der Waals surface area contributed by atoms with Gasteiger partial charge in [0.1, 0.15) is 5.56 Å². The molecule has 0 radical (unpaired) electrons. The van der Waals surface area contributed by atoms with Gasteiger partial charge in [-0.2, -0.15) is 0 Å². The summed E-state index contributed by atoms with van der Waals surface area (Å²) in [4.78, 5) is 22.1. The van der Waals surface area contributed by atoms with Gasteiger partial charge in [-0.25, -0.2) is 4.79 Å². The molecule has 86 valence electrons. The van der Waals surface area contributed by atoms with Gasteiger partial charge in [-0.3, -0.25) is 4.79 Å². The Morgan fingerprint density at radius 3 is 2.88 bits per heavy atom. The van der Waals surface area contributed by atoms with Crippen LogP contribution in [0.15, 0.2) is 29.7 Å². The van der Waals surface area contributed by atoms with Gasteiger partial charge in [0.2, 0.25) is 0 Å². The summed E-state index contributed by atoms with van der Waals surface area (Å²) in [5.74, 6) is -1.18. The van der Waals surface area contributed by atoms with E-state index >= 15 is 0 Å². The highest BCUT2D eigenvalue weighted by Crippen LogP contribution is 2.03. The van der Waals surface area contributed by atoms with E-state index in [9.17, 15) is 9.59 Å². The third-order valence-corrected chi connectivity index (χ3v) is 2.38. The van der Waals surface area contributed by atoms with Crippen molar-refractivity contribution in [3.8, 4) is 0 Å². The average molecular weight is 221 g/mol. The van der Waals surface area contributed by atoms with Crippen LogP contribution in [0.4, 0.5) is 0 Å². The second kappa shape index (κ2) is 5.30. The van der Waals surface area contributed by atoms with Gasteiger partial charge in [0, 0.05) is 24.5 Å². The van der Waals surface area contributed by atoms with E-state index in [0.29, 0.717) is 6.54 Å². The predicted molar refractivity (Wildman–Crippen MR) is 61.8 cm³/mol. The van der Waals surface area contributed by atoms with Crippen molar-refractivity contribution in [2.45, 2.75) is 26.3 Å². The molecule has 0 spiro atoms. The van der Waals surface area contributed by atoms with E-state index in [-0.39, 0.29) is 5.56 Å². The monoisotopic (exact) mass is 221 g/mol. The van der Waals surface area contributed by atoms with E-state index < -0.39 is 11.4 Å². The molecule has 0 saturated heterocycles. The molecule has 1 N–H and O–H groups in total. The van der Waals surface area contributed by atoms with Crippen LogP contribution in [-0.4, -0.2) is 15.6 Å². The van der Waals surface area contributed by atoms with Crippen LogP contribution in [0.1, 0.15) is 28.9 Å². The van der Waals surface area contributed by atoms with Crippen molar-refractivity contribution in [2.24, 2.45) is 0 Å². The Hall–Kier alpha value is -1.84. The Labute approximate surface area is 93.8 Å². The minimum absolute atomic E-state index is 0.177. The van der Waals surface area contributed by atoms with E-state index in [1.165, 1.54) is 12.3 Å². The van der Waals surface area contributed by atoms with Crippen LogP contribution in [0.25, 0.3) is 0 Å². The second-order valence-electron chi connectivity index (χ2n) is 3.62. The predicted octanol–water partition coefficient (Wildman–Crippen LogP) is 1.82. The van der Waals surface area contributed by atoms with Crippen LogP contribution in [0, 0.1) is 6.92 Å². The zero-order valence-corrected chi connectivity index (χ0v) is 9.27. The summed E-state index contributed by atoms with van der Waals surface area (Å²) < 4.78 is 1.79. The molecule has 0 bridgehead atoms. The van der Waals surface area contributed by atoms with Crippen molar-refractivity contribution in [1.82, 2.24) is 4.57 Å². The minimum atomic E-state index is -1.18. The number of hydrogen-bond acceptors (Lipinski definition) is 2. The first-order valence-corrected chi connectivity index (χ1v) is 5.11. The van der Waals surface area contributed by atoms with Gasteiger partial charge >= 0.3 is 5.97 Å². The molecule has 0 atom stereocenters. The normalized spacial score (nSPS) is 10.1. The summed E-state index contributed by atoms with van der Waals surface area (Å²) in [6, 6.07) is 1.36. The minimum Gasteiger partial charge on any atom is -0.477 e. The summed E-state index contributed by atoms with van der Waals surface area (Å²) in [6.07, 6.45) is 4.97. The number of carboxylic acids is 1. The van der Waals surface area contributed by atoms with Crippen molar-refractivity contribution in [2.75, 3.05) is 0 Å². The lowest BCUT2D eigenvalue weighted by molar-refractivity contribution is 0.0694. The molecular formula is C12H15NO3. The van der Waals surface area contributed by atoms with Gasteiger partial charge in [-0.05, 0) is 19.8 Å². The van der Waals surface area contributed by atoms with Gasteiger partial charge in [0.25, 0.3) is 0 Å². The first-order chi connectivity index (χ1) is 7.56. The molecule has 0 unspecified atom stereocenters. The zero-order chi connectivity index (χ0) is 12.1. The van der Waals surface area contributed by atoms with Crippen molar-refractivity contribution >= 4 is 5.97 Å². The Balaban J connectivity index is 3.00. The maximum atomic E-state index is 11.4. The van der Waals surface area contributed by atoms with Crippen LogP contribution < -0.4 is 5.43 Å². The fourth-order valence-corrected chi connectivity index (χ4v) is 1.48. The molecule has 1 aromatic rings. The third-order valence-electron chi connectivity index (χ3n) is 2.38. The molecule has 0 fully saturated rings. The molecule has 0 aromatic carbocycles. The summed E-state index contributed by atoms with van der Waals surface area (Å²) in [6.45, 7) is 6.11. The number of carboxylic acid groups (broad SMARTS) is 1. The molecule has 0 aliphatic heterocycles. The van der Waals surface area contributed by atoms with Gasteiger partial charge in [0.05, 0.1) is 0 Å². The van der Waals surface area contributed by atoms with Gasteiger partial charge in [-0.1, -0.05) is 6.08 Å². The topological polar surface area (TPSA) is 59.3 Å². The molecule has 0 amide bonds. The maximum Gasteiger partial charge on any atom is 0.341 e. The van der Waals surface area contributed by atoms with Crippen molar-refractivity contribution in [3.63, 3.8) is 0 Å². The van der Waals surface area contributed by atoms with E-state index in [1.807, 2.05) is 6.08 Å². The molecule has 1 rings (SSSR count). The van der Waals surface area contributed by atoms with Gasteiger partial charge in [-0.15, -0.1) is 6.58 Å². The molecular weight excluding hydrogens is 206 g/mol. The molecule has 0 aliphatic rings. The lowest BCUT2D eigenvalue weighted by atomic mass is 10.2. The highest BCUT2D eigenvalue weighted by atomic mass is 16.4.